The fraction of sp³-hybridized carbons (Fsp3) is 0.778. The first-order valence-electron chi connectivity index (χ1n) is 4.32. The molecule has 74 valence electrons. The van der Waals surface area contributed by atoms with Crippen LogP contribution in [0.15, 0.2) is 0 Å². The van der Waals surface area contributed by atoms with Crippen LogP contribution >= 0.6 is 0 Å². The fourth-order valence-electron chi connectivity index (χ4n) is 1.78. The molecule has 0 spiro atoms. The lowest BCUT2D eigenvalue weighted by Gasteiger charge is -2.42. The van der Waals surface area contributed by atoms with Crippen LogP contribution in [0.5, 0.6) is 0 Å². The van der Waals surface area contributed by atoms with E-state index in [0.717, 1.165) is 0 Å². The van der Waals surface area contributed by atoms with Gasteiger partial charge in [0.1, 0.15) is 5.41 Å². The van der Waals surface area contributed by atoms with Crippen LogP contribution in [0.3, 0.4) is 0 Å². The van der Waals surface area contributed by atoms with Crippen molar-refractivity contribution in [2.45, 2.75) is 33.3 Å². The Kier molecular flexibility index (Phi) is 2.32. The lowest BCUT2D eigenvalue weighted by Crippen LogP contribution is -2.58. The normalized spacial score (nSPS) is 32.6. The van der Waals surface area contributed by atoms with Gasteiger partial charge in [-0.3, -0.25) is 4.79 Å². The highest BCUT2D eigenvalue weighted by molar-refractivity contribution is 5.93. The van der Waals surface area contributed by atoms with Crippen LogP contribution in [-0.4, -0.2) is 23.1 Å². The largest absolute Gasteiger partial charge is 0.478 e. The van der Waals surface area contributed by atoms with Crippen molar-refractivity contribution in [3.8, 4) is 0 Å². The second-order valence-electron chi connectivity index (χ2n) is 4.14. The van der Waals surface area contributed by atoms with Gasteiger partial charge in [0.15, 0.2) is 0 Å². The second-order valence-corrected chi connectivity index (χ2v) is 4.14. The number of hydrogen-bond donors (Lipinski definition) is 1. The van der Waals surface area contributed by atoms with Gasteiger partial charge < -0.3 is 9.84 Å². The third-order valence-electron chi connectivity index (χ3n) is 2.33. The molecule has 0 bridgehead atoms. The standard InChI is InChI=1S/C9H14O4/c1-5(2)4-9(3)6(7(10)11)13-8(9)12/h5-6H,4H2,1-3H3,(H,10,11)/t6-,9-/m0/s1. The maximum atomic E-state index is 11.1. The van der Waals surface area contributed by atoms with Gasteiger partial charge in [0, 0.05) is 0 Å². The average molecular weight is 186 g/mol. The lowest BCUT2D eigenvalue weighted by atomic mass is 9.73. The zero-order valence-corrected chi connectivity index (χ0v) is 8.03. The number of carboxylic acid groups (broad SMARTS) is 1. The summed E-state index contributed by atoms with van der Waals surface area (Å²) in [5.74, 6) is -1.16. The first kappa shape index (κ1) is 10.0. The Bertz CT molecular complexity index is 246. The highest BCUT2D eigenvalue weighted by Gasteiger charge is 2.58. The predicted molar refractivity (Wildman–Crippen MR) is 45.1 cm³/mol. The van der Waals surface area contributed by atoms with Crippen molar-refractivity contribution in [1.82, 2.24) is 0 Å². The van der Waals surface area contributed by atoms with Crippen molar-refractivity contribution in [2.24, 2.45) is 11.3 Å². The Morgan fingerprint density at radius 1 is 1.69 bits per heavy atom. The minimum absolute atomic E-state index is 0.291. The van der Waals surface area contributed by atoms with Gasteiger partial charge in [0.2, 0.25) is 6.10 Å². The van der Waals surface area contributed by atoms with Crippen LogP contribution in [0.4, 0.5) is 0 Å². The zero-order valence-electron chi connectivity index (χ0n) is 8.03. The average Bonchev–Trinajstić information content (AvgIpc) is 1.98. The monoisotopic (exact) mass is 186 g/mol. The molecule has 0 aromatic rings. The molecule has 1 heterocycles. The molecule has 1 saturated heterocycles. The van der Waals surface area contributed by atoms with Crippen molar-refractivity contribution < 1.29 is 19.4 Å². The molecule has 0 aromatic carbocycles. The molecule has 13 heavy (non-hydrogen) atoms. The van der Waals surface area contributed by atoms with E-state index in [9.17, 15) is 9.59 Å². The van der Waals surface area contributed by atoms with Gasteiger partial charge in [-0.05, 0) is 19.3 Å². The molecule has 0 aromatic heterocycles. The number of esters is 1. The molecule has 1 aliphatic heterocycles. The molecule has 0 unspecified atom stereocenters. The summed E-state index contributed by atoms with van der Waals surface area (Å²) in [6.07, 6.45) is -0.398. The molecule has 1 rings (SSSR count). The van der Waals surface area contributed by atoms with E-state index in [4.69, 9.17) is 5.11 Å². The summed E-state index contributed by atoms with van der Waals surface area (Å²) in [4.78, 5) is 21.8. The quantitative estimate of drug-likeness (QED) is 0.669. The Hall–Kier alpha value is -1.06. The summed E-state index contributed by atoms with van der Waals surface area (Å²) in [5, 5.41) is 8.72. The summed E-state index contributed by atoms with van der Waals surface area (Å²) in [6, 6.07) is 0. The van der Waals surface area contributed by atoms with Gasteiger partial charge in [0.05, 0.1) is 0 Å². The van der Waals surface area contributed by atoms with Crippen molar-refractivity contribution in [1.29, 1.82) is 0 Å². The summed E-state index contributed by atoms with van der Waals surface area (Å²) in [7, 11) is 0. The topological polar surface area (TPSA) is 63.6 Å². The van der Waals surface area contributed by atoms with Gasteiger partial charge in [-0.2, -0.15) is 0 Å². The number of carbonyl (C=O) groups excluding carboxylic acids is 1. The molecular weight excluding hydrogens is 172 g/mol. The zero-order chi connectivity index (χ0) is 10.2. The second kappa shape index (κ2) is 3.01. The minimum atomic E-state index is -1.05. The van der Waals surface area contributed by atoms with E-state index < -0.39 is 23.5 Å². The Morgan fingerprint density at radius 2 is 2.23 bits per heavy atom. The highest BCUT2D eigenvalue weighted by atomic mass is 16.6. The molecule has 0 saturated carbocycles. The summed E-state index contributed by atoms with van der Waals surface area (Å²) < 4.78 is 4.58. The number of hydrogen-bond acceptors (Lipinski definition) is 3. The van der Waals surface area contributed by atoms with E-state index in [-0.39, 0.29) is 0 Å². The lowest BCUT2D eigenvalue weighted by molar-refractivity contribution is -0.214. The van der Waals surface area contributed by atoms with Gasteiger partial charge >= 0.3 is 11.9 Å². The molecule has 0 aliphatic carbocycles. The molecule has 0 radical (unpaired) electrons. The van der Waals surface area contributed by atoms with Crippen LogP contribution in [0.2, 0.25) is 0 Å². The Labute approximate surface area is 76.9 Å². The molecule has 1 N–H and O–H groups in total. The molecule has 1 fully saturated rings. The first-order chi connectivity index (χ1) is 5.88. The van der Waals surface area contributed by atoms with Crippen molar-refractivity contribution in [2.75, 3.05) is 0 Å². The summed E-state index contributed by atoms with van der Waals surface area (Å²) in [6.45, 7) is 5.56. The molecule has 1 aliphatic rings. The predicted octanol–water partition coefficient (Wildman–Crippen LogP) is 1.05. The third-order valence-corrected chi connectivity index (χ3v) is 2.33. The van der Waals surface area contributed by atoms with Crippen LogP contribution in [-0.2, 0) is 14.3 Å². The Morgan fingerprint density at radius 3 is 2.54 bits per heavy atom. The summed E-state index contributed by atoms with van der Waals surface area (Å²) >= 11 is 0. The Balaban J connectivity index is 2.74. The smallest absolute Gasteiger partial charge is 0.346 e. The van der Waals surface area contributed by atoms with Crippen molar-refractivity contribution >= 4 is 11.9 Å². The number of carboxylic acids is 1. The van der Waals surface area contributed by atoms with E-state index in [1.54, 1.807) is 6.92 Å². The van der Waals surface area contributed by atoms with Crippen molar-refractivity contribution in [3.05, 3.63) is 0 Å². The molecule has 0 amide bonds. The first-order valence-corrected chi connectivity index (χ1v) is 4.32. The maximum absolute atomic E-state index is 11.1. The van der Waals surface area contributed by atoms with Crippen LogP contribution < -0.4 is 0 Å². The fourth-order valence-corrected chi connectivity index (χ4v) is 1.78. The maximum Gasteiger partial charge on any atom is 0.346 e. The van der Waals surface area contributed by atoms with Gasteiger partial charge in [-0.25, -0.2) is 4.79 Å². The third kappa shape index (κ3) is 1.53. The number of ether oxygens (including phenoxy) is 1. The van der Waals surface area contributed by atoms with Crippen LogP contribution in [0.25, 0.3) is 0 Å². The van der Waals surface area contributed by atoms with E-state index in [1.807, 2.05) is 13.8 Å². The number of rotatable bonds is 3. The molecule has 4 heteroatoms. The molecule has 2 atom stereocenters. The molecule has 4 nitrogen and oxygen atoms in total. The van der Waals surface area contributed by atoms with Gasteiger partial charge in [-0.15, -0.1) is 0 Å². The highest BCUT2D eigenvalue weighted by Crippen LogP contribution is 2.41. The van der Waals surface area contributed by atoms with E-state index >= 15 is 0 Å². The number of aliphatic carboxylic acids is 1. The van der Waals surface area contributed by atoms with E-state index in [0.29, 0.717) is 12.3 Å². The van der Waals surface area contributed by atoms with Crippen molar-refractivity contribution in [3.63, 3.8) is 0 Å². The minimum Gasteiger partial charge on any atom is -0.478 e. The number of cyclic esters (lactones) is 1. The van der Waals surface area contributed by atoms with Gasteiger partial charge in [-0.1, -0.05) is 13.8 Å². The number of carbonyl (C=O) groups is 2. The van der Waals surface area contributed by atoms with Crippen LogP contribution in [0.1, 0.15) is 27.2 Å². The SMILES string of the molecule is CC(C)C[C@]1(C)C(=O)O[C@H]1C(=O)O. The van der Waals surface area contributed by atoms with Gasteiger partial charge in [0.25, 0.3) is 0 Å². The molecular formula is C9H14O4. The summed E-state index contributed by atoms with van der Waals surface area (Å²) in [5.41, 5.74) is -0.819. The van der Waals surface area contributed by atoms with E-state index in [2.05, 4.69) is 4.74 Å². The van der Waals surface area contributed by atoms with E-state index in [1.165, 1.54) is 0 Å². The van der Waals surface area contributed by atoms with Crippen LogP contribution in [0, 0.1) is 11.3 Å².